The van der Waals surface area contributed by atoms with Crippen LogP contribution in [0, 0.1) is 0 Å². The van der Waals surface area contributed by atoms with Crippen LogP contribution in [0.2, 0.25) is 5.15 Å². The topological polar surface area (TPSA) is 63.0 Å². The zero-order valence-corrected chi connectivity index (χ0v) is 11.4. The maximum absolute atomic E-state index is 13.1. The smallest absolute Gasteiger partial charge is 0.333 e. The third-order valence-corrected chi connectivity index (χ3v) is 2.87. The van der Waals surface area contributed by atoms with Gasteiger partial charge in [-0.15, -0.1) is 0 Å². The number of hydrogen-bond donors (Lipinski definition) is 2. The largest absolute Gasteiger partial charge is 0.393 e. The van der Waals surface area contributed by atoms with E-state index in [9.17, 15) is 13.2 Å². The van der Waals surface area contributed by atoms with E-state index >= 15 is 0 Å². The lowest BCUT2D eigenvalue weighted by Gasteiger charge is -2.12. The van der Waals surface area contributed by atoms with E-state index in [4.69, 9.17) is 16.7 Å². The maximum Gasteiger partial charge on any atom is 0.333 e. The molecule has 5 nitrogen and oxygen atoms in total. The Morgan fingerprint density at radius 3 is 2.76 bits per heavy atom. The molecule has 0 amide bonds. The molecule has 2 rings (SSSR count). The van der Waals surface area contributed by atoms with E-state index in [-0.39, 0.29) is 17.4 Å². The lowest BCUT2D eigenvalue weighted by molar-refractivity contribution is 0.0568. The number of aliphatic hydroxyl groups is 1. The second-order valence-corrected chi connectivity index (χ2v) is 4.56. The molecule has 0 spiro atoms. The van der Waals surface area contributed by atoms with Crippen molar-refractivity contribution in [3.05, 3.63) is 29.7 Å². The molecular formula is C12H12ClF3N4O. The van der Waals surface area contributed by atoms with E-state index < -0.39 is 19.3 Å². The van der Waals surface area contributed by atoms with E-state index in [2.05, 4.69) is 15.4 Å². The molecule has 2 aromatic heterocycles. The minimum absolute atomic E-state index is 0.153. The summed E-state index contributed by atoms with van der Waals surface area (Å²) in [6, 6.07) is 2.82. The van der Waals surface area contributed by atoms with Gasteiger partial charge in [-0.3, -0.25) is 0 Å². The second-order valence-electron chi connectivity index (χ2n) is 4.17. The average Bonchev–Trinajstić information content (AvgIpc) is 2.94. The zero-order chi connectivity index (χ0) is 15.4. The summed E-state index contributed by atoms with van der Waals surface area (Å²) in [5.74, 6) is 0. The number of halogens is 4. The van der Waals surface area contributed by atoms with Gasteiger partial charge >= 0.3 is 6.55 Å². The van der Waals surface area contributed by atoms with Crippen LogP contribution in [0.25, 0.3) is 11.3 Å². The molecule has 0 saturated carbocycles. The highest BCUT2D eigenvalue weighted by molar-refractivity contribution is 6.29. The number of alkyl halides is 3. The third kappa shape index (κ3) is 3.85. The zero-order valence-electron chi connectivity index (χ0n) is 10.7. The summed E-state index contributed by atoms with van der Waals surface area (Å²) in [5, 5.41) is 15.3. The molecule has 2 N–H and O–H groups in total. The SMILES string of the molecule is OC[C@@H](F)CNc1cc(Cl)ncc1-c1ccn(C(F)F)n1. The Morgan fingerprint density at radius 2 is 2.14 bits per heavy atom. The Balaban J connectivity index is 2.29. The van der Waals surface area contributed by atoms with Crippen LogP contribution in [0.4, 0.5) is 18.9 Å². The van der Waals surface area contributed by atoms with Crippen LogP contribution in [0.1, 0.15) is 6.55 Å². The molecule has 9 heteroatoms. The molecule has 2 heterocycles. The molecule has 0 fully saturated rings. The lowest BCUT2D eigenvalue weighted by Crippen LogP contribution is -2.19. The van der Waals surface area contributed by atoms with Gasteiger partial charge in [-0.05, 0) is 12.1 Å². The van der Waals surface area contributed by atoms with Gasteiger partial charge in [0.15, 0.2) is 0 Å². The van der Waals surface area contributed by atoms with Crippen LogP contribution in [-0.4, -0.2) is 39.2 Å². The van der Waals surface area contributed by atoms with E-state index in [0.717, 1.165) is 6.20 Å². The molecule has 0 aromatic carbocycles. The van der Waals surface area contributed by atoms with Gasteiger partial charge in [-0.25, -0.2) is 14.1 Å². The van der Waals surface area contributed by atoms with Crippen LogP contribution >= 0.6 is 11.6 Å². The van der Waals surface area contributed by atoms with Gasteiger partial charge in [0.25, 0.3) is 0 Å². The predicted octanol–water partition coefficient (Wildman–Crippen LogP) is 2.74. The van der Waals surface area contributed by atoms with Crippen molar-refractivity contribution in [1.29, 1.82) is 0 Å². The number of rotatable bonds is 6. The van der Waals surface area contributed by atoms with Crippen molar-refractivity contribution < 1.29 is 18.3 Å². The van der Waals surface area contributed by atoms with E-state index in [1.807, 2.05) is 0 Å². The fraction of sp³-hybridized carbons (Fsp3) is 0.333. The Hall–Kier alpha value is -1.80. The lowest BCUT2D eigenvalue weighted by atomic mass is 10.1. The molecule has 0 aliphatic carbocycles. The first kappa shape index (κ1) is 15.6. The van der Waals surface area contributed by atoms with E-state index in [1.165, 1.54) is 18.3 Å². The van der Waals surface area contributed by atoms with Crippen LogP contribution in [-0.2, 0) is 0 Å². The molecule has 1 atom stereocenters. The molecular weight excluding hydrogens is 309 g/mol. The molecule has 0 unspecified atom stereocenters. The number of nitrogens with one attached hydrogen (secondary N) is 1. The number of pyridine rings is 1. The number of hydrogen-bond acceptors (Lipinski definition) is 4. The number of aromatic nitrogens is 3. The summed E-state index contributed by atoms with van der Waals surface area (Å²) < 4.78 is 38.6. The Labute approximate surface area is 123 Å². The van der Waals surface area contributed by atoms with Crippen molar-refractivity contribution in [1.82, 2.24) is 14.8 Å². The maximum atomic E-state index is 13.1. The van der Waals surface area contributed by atoms with Crippen LogP contribution in [0.3, 0.4) is 0 Å². The summed E-state index contributed by atoms with van der Waals surface area (Å²) in [4.78, 5) is 3.86. The van der Waals surface area contributed by atoms with Gasteiger partial charge in [-0.1, -0.05) is 11.6 Å². The van der Waals surface area contributed by atoms with Crippen molar-refractivity contribution in [3.8, 4) is 11.3 Å². The number of nitrogens with zero attached hydrogens (tertiary/aromatic N) is 3. The van der Waals surface area contributed by atoms with Crippen LogP contribution < -0.4 is 5.32 Å². The normalized spacial score (nSPS) is 12.7. The Kier molecular flexibility index (Phi) is 5.03. The van der Waals surface area contributed by atoms with Gasteiger partial charge in [0.1, 0.15) is 11.3 Å². The summed E-state index contributed by atoms with van der Waals surface area (Å²) in [6.45, 7) is -3.53. The molecule has 0 saturated heterocycles. The molecule has 0 aliphatic heterocycles. The van der Waals surface area contributed by atoms with Crippen molar-refractivity contribution in [2.24, 2.45) is 0 Å². The van der Waals surface area contributed by atoms with Gasteiger partial charge < -0.3 is 10.4 Å². The molecule has 114 valence electrons. The first-order valence-corrected chi connectivity index (χ1v) is 6.37. The molecule has 0 bridgehead atoms. The monoisotopic (exact) mass is 320 g/mol. The minimum Gasteiger partial charge on any atom is -0.393 e. The summed E-state index contributed by atoms with van der Waals surface area (Å²) in [6.07, 6.45) is 1.03. The highest BCUT2D eigenvalue weighted by Crippen LogP contribution is 2.28. The number of aliphatic hydroxyl groups excluding tert-OH is 1. The first-order chi connectivity index (χ1) is 10.0. The highest BCUT2D eigenvalue weighted by Gasteiger charge is 2.14. The molecule has 0 radical (unpaired) electrons. The van der Waals surface area contributed by atoms with Gasteiger partial charge in [0, 0.05) is 30.2 Å². The summed E-state index contributed by atoms with van der Waals surface area (Å²) >= 11 is 5.77. The van der Waals surface area contributed by atoms with Crippen molar-refractivity contribution in [3.63, 3.8) is 0 Å². The summed E-state index contributed by atoms with van der Waals surface area (Å²) in [7, 11) is 0. The average molecular weight is 321 g/mol. The van der Waals surface area contributed by atoms with Gasteiger partial charge in [0.05, 0.1) is 12.3 Å². The summed E-state index contributed by atoms with van der Waals surface area (Å²) in [5.41, 5.74) is 1.05. The second kappa shape index (κ2) is 6.77. The Morgan fingerprint density at radius 1 is 1.38 bits per heavy atom. The first-order valence-electron chi connectivity index (χ1n) is 5.99. The Bertz CT molecular complexity index is 608. The van der Waals surface area contributed by atoms with Crippen molar-refractivity contribution in [2.45, 2.75) is 12.7 Å². The quantitative estimate of drug-likeness (QED) is 0.803. The predicted molar refractivity (Wildman–Crippen MR) is 72.2 cm³/mol. The van der Waals surface area contributed by atoms with Gasteiger partial charge in [0.2, 0.25) is 0 Å². The van der Waals surface area contributed by atoms with Crippen molar-refractivity contribution >= 4 is 17.3 Å². The van der Waals surface area contributed by atoms with Gasteiger partial charge in [-0.2, -0.15) is 13.9 Å². The molecule has 21 heavy (non-hydrogen) atoms. The van der Waals surface area contributed by atoms with E-state index in [1.54, 1.807) is 0 Å². The molecule has 0 aliphatic rings. The van der Waals surface area contributed by atoms with E-state index in [0.29, 0.717) is 15.9 Å². The standard InChI is InChI=1S/C12H12ClF3N4O/c13-11-3-10(17-4-7(14)6-21)8(5-18-11)9-1-2-20(19-9)12(15)16/h1-3,5,7,12,21H,4,6H2,(H,17,18)/t7-/m0/s1. The van der Waals surface area contributed by atoms with Crippen molar-refractivity contribution in [2.75, 3.05) is 18.5 Å². The fourth-order valence-corrected chi connectivity index (χ4v) is 1.81. The minimum atomic E-state index is -2.75. The van der Waals surface area contributed by atoms with Crippen LogP contribution in [0.15, 0.2) is 24.5 Å². The third-order valence-electron chi connectivity index (χ3n) is 2.67. The highest BCUT2D eigenvalue weighted by atomic mass is 35.5. The van der Waals surface area contributed by atoms with Crippen LogP contribution in [0.5, 0.6) is 0 Å². The number of anilines is 1. The fourth-order valence-electron chi connectivity index (χ4n) is 1.66. The molecule has 2 aromatic rings.